The number of rotatable bonds is 5. The van der Waals surface area contributed by atoms with Gasteiger partial charge in [-0.3, -0.25) is 9.59 Å². The Hall–Kier alpha value is -1.88. The number of nitrogens with one attached hydrogen (secondary N) is 1. The first-order valence-electron chi connectivity index (χ1n) is 8.11. The highest BCUT2D eigenvalue weighted by molar-refractivity contribution is 5.95. The van der Waals surface area contributed by atoms with Crippen LogP contribution in [0.3, 0.4) is 0 Å². The zero-order valence-electron chi connectivity index (χ0n) is 14.4. The average molecular weight is 318 g/mol. The lowest BCUT2D eigenvalue weighted by molar-refractivity contribution is -0.134. The predicted molar refractivity (Wildman–Crippen MR) is 90.5 cm³/mol. The van der Waals surface area contributed by atoms with Gasteiger partial charge in [0.1, 0.15) is 0 Å². The van der Waals surface area contributed by atoms with Crippen LogP contribution in [0.1, 0.15) is 36.5 Å². The standard InChI is InChI=1S/C18H26N2O3/c1-12-8-13(2)18(14(3)9-12)19-17(22)11-20(15(4)21)10-16-6-5-7-23-16/h8-9,16H,5-7,10-11H2,1-4H3,(H,19,22). The van der Waals surface area contributed by atoms with Crippen molar-refractivity contribution in [1.29, 1.82) is 0 Å². The number of hydrogen-bond donors (Lipinski definition) is 1. The van der Waals surface area contributed by atoms with E-state index in [-0.39, 0.29) is 24.5 Å². The van der Waals surface area contributed by atoms with Gasteiger partial charge in [-0.05, 0) is 44.7 Å². The van der Waals surface area contributed by atoms with Crippen LogP contribution in [-0.4, -0.2) is 42.5 Å². The van der Waals surface area contributed by atoms with Crippen molar-refractivity contribution >= 4 is 17.5 Å². The second kappa shape index (κ2) is 7.59. The molecule has 1 aliphatic heterocycles. The van der Waals surface area contributed by atoms with Gasteiger partial charge in [0, 0.05) is 25.8 Å². The highest BCUT2D eigenvalue weighted by Crippen LogP contribution is 2.22. The lowest BCUT2D eigenvalue weighted by atomic mass is 10.1. The zero-order valence-corrected chi connectivity index (χ0v) is 14.4. The number of aryl methyl sites for hydroxylation is 3. The summed E-state index contributed by atoms with van der Waals surface area (Å²) in [4.78, 5) is 25.7. The van der Waals surface area contributed by atoms with E-state index in [4.69, 9.17) is 4.74 Å². The fourth-order valence-electron chi connectivity index (χ4n) is 3.07. The minimum absolute atomic E-state index is 0.0505. The maximum Gasteiger partial charge on any atom is 0.244 e. The molecule has 5 heteroatoms. The molecule has 1 saturated heterocycles. The molecule has 23 heavy (non-hydrogen) atoms. The van der Waals surface area contributed by atoms with Gasteiger partial charge in [-0.2, -0.15) is 0 Å². The molecule has 2 amide bonds. The van der Waals surface area contributed by atoms with Gasteiger partial charge >= 0.3 is 0 Å². The van der Waals surface area contributed by atoms with Gasteiger partial charge in [0.2, 0.25) is 11.8 Å². The summed E-state index contributed by atoms with van der Waals surface area (Å²) in [5, 5.41) is 2.94. The normalized spacial score (nSPS) is 17.1. The first-order valence-corrected chi connectivity index (χ1v) is 8.11. The summed E-state index contributed by atoms with van der Waals surface area (Å²) in [6.45, 7) is 8.76. The maximum absolute atomic E-state index is 12.3. The van der Waals surface area contributed by atoms with Crippen LogP contribution in [0.2, 0.25) is 0 Å². The third-order valence-corrected chi connectivity index (χ3v) is 4.17. The van der Waals surface area contributed by atoms with Gasteiger partial charge in [0.25, 0.3) is 0 Å². The number of ether oxygens (including phenoxy) is 1. The van der Waals surface area contributed by atoms with Crippen molar-refractivity contribution in [2.24, 2.45) is 0 Å². The minimum atomic E-state index is -0.173. The van der Waals surface area contributed by atoms with Crippen molar-refractivity contribution in [3.8, 4) is 0 Å². The molecule has 0 saturated carbocycles. The SMILES string of the molecule is CC(=O)N(CC(=O)Nc1c(C)cc(C)cc1C)CC1CCCO1. The Kier molecular flexibility index (Phi) is 5.77. The average Bonchev–Trinajstić information content (AvgIpc) is 2.95. The molecule has 1 atom stereocenters. The molecule has 1 unspecified atom stereocenters. The number of carbonyl (C=O) groups is 2. The molecule has 2 rings (SSSR count). The Balaban J connectivity index is 2.00. The molecule has 5 nitrogen and oxygen atoms in total. The Morgan fingerprint density at radius 2 is 1.91 bits per heavy atom. The van der Waals surface area contributed by atoms with Crippen molar-refractivity contribution in [2.75, 3.05) is 25.0 Å². The summed E-state index contributed by atoms with van der Waals surface area (Å²) < 4.78 is 5.56. The molecule has 0 bridgehead atoms. The van der Waals surface area contributed by atoms with E-state index < -0.39 is 0 Å². The topological polar surface area (TPSA) is 58.6 Å². The lowest BCUT2D eigenvalue weighted by Crippen LogP contribution is -2.41. The number of nitrogens with zero attached hydrogens (tertiary/aromatic N) is 1. The molecule has 0 radical (unpaired) electrons. The Morgan fingerprint density at radius 1 is 1.26 bits per heavy atom. The fraction of sp³-hybridized carbons (Fsp3) is 0.556. The first kappa shape index (κ1) is 17.5. The number of hydrogen-bond acceptors (Lipinski definition) is 3. The van der Waals surface area contributed by atoms with Crippen molar-refractivity contribution < 1.29 is 14.3 Å². The Morgan fingerprint density at radius 3 is 2.43 bits per heavy atom. The van der Waals surface area contributed by atoms with E-state index in [1.807, 2.05) is 32.9 Å². The number of carbonyl (C=O) groups excluding carboxylic acids is 2. The number of benzene rings is 1. The molecule has 0 spiro atoms. The third-order valence-electron chi connectivity index (χ3n) is 4.17. The summed E-state index contributed by atoms with van der Waals surface area (Å²) in [6.07, 6.45) is 2.01. The summed E-state index contributed by atoms with van der Waals surface area (Å²) in [5.41, 5.74) is 4.07. The second-order valence-corrected chi connectivity index (χ2v) is 6.36. The highest BCUT2D eigenvalue weighted by atomic mass is 16.5. The number of anilines is 1. The van der Waals surface area contributed by atoms with E-state index in [9.17, 15) is 9.59 Å². The summed E-state index contributed by atoms with van der Waals surface area (Å²) in [6, 6.07) is 4.08. The van der Waals surface area contributed by atoms with E-state index in [1.165, 1.54) is 12.5 Å². The van der Waals surface area contributed by atoms with Gasteiger partial charge in [-0.25, -0.2) is 0 Å². The molecule has 0 aliphatic carbocycles. The molecule has 1 fully saturated rings. The Labute approximate surface area is 138 Å². The van der Waals surface area contributed by atoms with Crippen LogP contribution in [-0.2, 0) is 14.3 Å². The third kappa shape index (κ3) is 4.79. The van der Waals surface area contributed by atoms with Gasteiger partial charge in [-0.15, -0.1) is 0 Å². The monoisotopic (exact) mass is 318 g/mol. The second-order valence-electron chi connectivity index (χ2n) is 6.36. The maximum atomic E-state index is 12.3. The fourth-order valence-corrected chi connectivity index (χ4v) is 3.07. The lowest BCUT2D eigenvalue weighted by Gasteiger charge is -2.24. The zero-order chi connectivity index (χ0) is 17.0. The van der Waals surface area contributed by atoms with Crippen LogP contribution < -0.4 is 5.32 Å². The van der Waals surface area contributed by atoms with E-state index in [0.29, 0.717) is 6.54 Å². The van der Waals surface area contributed by atoms with Crippen molar-refractivity contribution in [3.05, 3.63) is 28.8 Å². The quantitative estimate of drug-likeness (QED) is 0.908. The smallest absolute Gasteiger partial charge is 0.244 e. The van der Waals surface area contributed by atoms with E-state index >= 15 is 0 Å². The van der Waals surface area contributed by atoms with Gasteiger partial charge in [-0.1, -0.05) is 17.7 Å². The predicted octanol–water partition coefficient (Wildman–Crippen LogP) is 2.58. The van der Waals surface area contributed by atoms with Crippen LogP contribution in [0.5, 0.6) is 0 Å². The van der Waals surface area contributed by atoms with Gasteiger partial charge < -0.3 is 15.0 Å². The minimum Gasteiger partial charge on any atom is -0.376 e. The van der Waals surface area contributed by atoms with Gasteiger partial charge in [0.15, 0.2) is 0 Å². The Bertz CT molecular complexity index is 569. The molecular formula is C18H26N2O3. The molecular weight excluding hydrogens is 292 g/mol. The van der Waals surface area contributed by atoms with Crippen LogP contribution in [0, 0.1) is 20.8 Å². The van der Waals surface area contributed by atoms with Crippen LogP contribution >= 0.6 is 0 Å². The van der Waals surface area contributed by atoms with Crippen LogP contribution in [0.25, 0.3) is 0 Å². The molecule has 1 aromatic rings. The summed E-state index contributed by atoms with van der Waals surface area (Å²) in [5.74, 6) is -0.277. The van der Waals surface area contributed by atoms with Crippen molar-refractivity contribution in [2.45, 2.75) is 46.6 Å². The van der Waals surface area contributed by atoms with Gasteiger partial charge in [0.05, 0.1) is 12.6 Å². The molecule has 0 aromatic heterocycles. The molecule has 126 valence electrons. The summed E-state index contributed by atoms with van der Waals surface area (Å²) >= 11 is 0. The van der Waals surface area contributed by atoms with Crippen LogP contribution in [0.15, 0.2) is 12.1 Å². The van der Waals surface area contributed by atoms with E-state index in [0.717, 1.165) is 36.3 Å². The molecule has 1 aromatic carbocycles. The van der Waals surface area contributed by atoms with E-state index in [2.05, 4.69) is 5.32 Å². The molecule has 1 aliphatic rings. The van der Waals surface area contributed by atoms with Crippen molar-refractivity contribution in [1.82, 2.24) is 4.90 Å². The van der Waals surface area contributed by atoms with Crippen molar-refractivity contribution in [3.63, 3.8) is 0 Å². The van der Waals surface area contributed by atoms with Crippen LogP contribution in [0.4, 0.5) is 5.69 Å². The van der Waals surface area contributed by atoms with E-state index in [1.54, 1.807) is 4.90 Å². The number of amides is 2. The first-order chi connectivity index (χ1) is 10.9. The highest BCUT2D eigenvalue weighted by Gasteiger charge is 2.22. The molecule has 1 N–H and O–H groups in total. The largest absolute Gasteiger partial charge is 0.376 e. The molecule has 1 heterocycles. The summed E-state index contributed by atoms with van der Waals surface area (Å²) in [7, 11) is 0.